The van der Waals surface area contributed by atoms with E-state index in [9.17, 15) is 13.2 Å². The van der Waals surface area contributed by atoms with Gasteiger partial charge in [0.05, 0.1) is 11.7 Å². The molecule has 1 aliphatic heterocycles. The zero-order chi connectivity index (χ0) is 15.8. The maximum Gasteiger partial charge on any atom is 0.230 e. The third-order valence-corrected chi connectivity index (χ3v) is 5.00. The van der Waals surface area contributed by atoms with Crippen molar-refractivity contribution in [3.05, 3.63) is 0 Å². The zero-order valence-electron chi connectivity index (χ0n) is 13.1. The number of nitrogens with zero attached hydrogens (tertiary/aromatic N) is 1. The minimum absolute atomic E-state index is 0.0231. The molecule has 0 aliphatic carbocycles. The van der Waals surface area contributed by atoms with Crippen LogP contribution in [-0.4, -0.2) is 50.2 Å². The molecule has 1 amide bonds. The normalized spacial score (nSPS) is 21.9. The van der Waals surface area contributed by atoms with Gasteiger partial charge in [0, 0.05) is 24.7 Å². The van der Waals surface area contributed by atoms with Gasteiger partial charge in [0.1, 0.15) is 0 Å². The quantitative estimate of drug-likeness (QED) is 0.781. The third-order valence-electron chi connectivity index (χ3n) is 4.23. The van der Waals surface area contributed by atoms with E-state index in [-0.39, 0.29) is 11.9 Å². The molecule has 1 unspecified atom stereocenters. The molecule has 3 N–H and O–H groups in total. The molecule has 1 saturated heterocycles. The molecule has 0 aromatic carbocycles. The molecule has 1 aliphatic rings. The van der Waals surface area contributed by atoms with Crippen LogP contribution in [0.25, 0.3) is 0 Å². The molecule has 0 saturated carbocycles. The summed E-state index contributed by atoms with van der Waals surface area (Å²) in [6, 6.07) is -0.209. The predicted octanol–water partition coefficient (Wildman–Crippen LogP) is 0.290. The van der Waals surface area contributed by atoms with Crippen LogP contribution in [0.2, 0.25) is 0 Å². The number of carbonyl (C=O) groups excluding carboxylic acids is 1. The van der Waals surface area contributed by atoms with Gasteiger partial charge in [-0.2, -0.15) is 0 Å². The Morgan fingerprint density at radius 1 is 1.30 bits per heavy atom. The Kier molecular flexibility index (Phi) is 4.88. The lowest BCUT2D eigenvalue weighted by Crippen LogP contribution is -2.59. The summed E-state index contributed by atoms with van der Waals surface area (Å²) in [4.78, 5) is 14.4. The summed E-state index contributed by atoms with van der Waals surface area (Å²) in [5.41, 5.74) is 4.77. The molecule has 6 nitrogen and oxygen atoms in total. The Hall–Kier alpha value is -0.660. The van der Waals surface area contributed by atoms with E-state index in [1.807, 2.05) is 27.7 Å². The highest BCUT2D eigenvalue weighted by Crippen LogP contribution is 2.31. The lowest BCUT2D eigenvalue weighted by molar-refractivity contribution is -0.144. The standard InChI is InChI=1S/C13H27N3O3S/c1-12(2,13(3,4)14)11(17)16-8-6-7-10(9-16)15-20(5,18)19/h10,15H,6-9,14H2,1-5H3. The van der Waals surface area contributed by atoms with Crippen LogP contribution in [0.5, 0.6) is 0 Å². The Morgan fingerprint density at radius 2 is 1.85 bits per heavy atom. The minimum Gasteiger partial charge on any atom is -0.341 e. The lowest BCUT2D eigenvalue weighted by Gasteiger charge is -2.43. The number of amides is 1. The first-order valence-corrected chi connectivity index (χ1v) is 8.79. The van der Waals surface area contributed by atoms with Crippen molar-refractivity contribution in [1.29, 1.82) is 0 Å². The minimum atomic E-state index is -3.25. The number of hydrogen-bond acceptors (Lipinski definition) is 4. The van der Waals surface area contributed by atoms with Crippen LogP contribution in [0.3, 0.4) is 0 Å². The van der Waals surface area contributed by atoms with Gasteiger partial charge >= 0.3 is 0 Å². The van der Waals surface area contributed by atoms with E-state index in [0.717, 1.165) is 19.1 Å². The second-order valence-corrected chi connectivity index (χ2v) is 8.61. The number of piperidine rings is 1. The van der Waals surface area contributed by atoms with Crippen molar-refractivity contribution < 1.29 is 13.2 Å². The molecule has 0 spiro atoms. The summed E-state index contributed by atoms with van der Waals surface area (Å²) in [5, 5.41) is 0. The van der Waals surface area contributed by atoms with Crippen molar-refractivity contribution in [2.45, 2.75) is 52.1 Å². The fraction of sp³-hybridized carbons (Fsp3) is 0.923. The summed E-state index contributed by atoms with van der Waals surface area (Å²) >= 11 is 0. The molecule has 1 fully saturated rings. The van der Waals surface area contributed by atoms with Gasteiger partial charge in [0.15, 0.2) is 0 Å². The molecular weight excluding hydrogens is 278 g/mol. The van der Waals surface area contributed by atoms with Crippen molar-refractivity contribution in [2.75, 3.05) is 19.3 Å². The van der Waals surface area contributed by atoms with Crippen LogP contribution in [0.4, 0.5) is 0 Å². The van der Waals surface area contributed by atoms with E-state index in [1.54, 1.807) is 4.90 Å². The van der Waals surface area contributed by atoms with Crippen molar-refractivity contribution in [3.63, 3.8) is 0 Å². The number of likely N-dealkylation sites (tertiary alicyclic amines) is 1. The van der Waals surface area contributed by atoms with Crippen LogP contribution in [0.15, 0.2) is 0 Å². The van der Waals surface area contributed by atoms with E-state index in [1.165, 1.54) is 0 Å². The summed E-state index contributed by atoms with van der Waals surface area (Å²) in [6.45, 7) is 8.40. The molecule has 1 atom stereocenters. The van der Waals surface area contributed by atoms with Crippen molar-refractivity contribution >= 4 is 15.9 Å². The van der Waals surface area contributed by atoms with E-state index < -0.39 is 21.0 Å². The third kappa shape index (κ3) is 4.17. The number of sulfonamides is 1. The number of nitrogens with two attached hydrogens (primary N) is 1. The number of carbonyl (C=O) groups is 1. The van der Waals surface area contributed by atoms with E-state index in [4.69, 9.17) is 5.73 Å². The van der Waals surface area contributed by atoms with Crippen molar-refractivity contribution in [2.24, 2.45) is 11.1 Å². The first-order chi connectivity index (χ1) is 8.84. The molecule has 0 aromatic heterocycles. The monoisotopic (exact) mass is 305 g/mol. The fourth-order valence-electron chi connectivity index (χ4n) is 2.23. The first kappa shape index (κ1) is 17.4. The average Bonchev–Trinajstić information content (AvgIpc) is 2.24. The lowest BCUT2D eigenvalue weighted by atomic mass is 9.74. The predicted molar refractivity (Wildman–Crippen MR) is 79.6 cm³/mol. The maximum atomic E-state index is 12.6. The average molecular weight is 305 g/mol. The maximum absolute atomic E-state index is 12.6. The van der Waals surface area contributed by atoms with Crippen molar-refractivity contribution in [1.82, 2.24) is 9.62 Å². The molecule has 0 radical (unpaired) electrons. The van der Waals surface area contributed by atoms with Crippen LogP contribution < -0.4 is 10.5 Å². The largest absolute Gasteiger partial charge is 0.341 e. The molecule has 7 heteroatoms. The molecule has 20 heavy (non-hydrogen) atoms. The zero-order valence-corrected chi connectivity index (χ0v) is 13.9. The molecule has 118 valence electrons. The highest BCUT2D eigenvalue weighted by atomic mass is 32.2. The van der Waals surface area contributed by atoms with Crippen LogP contribution >= 0.6 is 0 Å². The Bertz CT molecular complexity index is 466. The summed E-state index contributed by atoms with van der Waals surface area (Å²) in [6.07, 6.45) is 2.68. The van der Waals surface area contributed by atoms with Gasteiger partial charge in [-0.1, -0.05) is 0 Å². The molecular formula is C13H27N3O3S. The second-order valence-electron chi connectivity index (χ2n) is 6.83. The van der Waals surface area contributed by atoms with Gasteiger partial charge < -0.3 is 10.6 Å². The summed E-state index contributed by atoms with van der Waals surface area (Å²) in [7, 11) is -3.25. The Labute approximate surface area is 122 Å². The highest BCUT2D eigenvalue weighted by Gasteiger charge is 2.43. The molecule has 1 rings (SSSR count). The Morgan fingerprint density at radius 3 is 2.30 bits per heavy atom. The second kappa shape index (κ2) is 5.61. The fourth-order valence-corrected chi connectivity index (χ4v) is 3.03. The van der Waals surface area contributed by atoms with Crippen LogP contribution in [0, 0.1) is 5.41 Å². The topological polar surface area (TPSA) is 92.5 Å². The summed E-state index contributed by atoms with van der Waals surface area (Å²) in [5.74, 6) is -0.0231. The van der Waals surface area contributed by atoms with E-state index >= 15 is 0 Å². The first-order valence-electron chi connectivity index (χ1n) is 6.90. The van der Waals surface area contributed by atoms with Gasteiger partial charge in [0.2, 0.25) is 15.9 Å². The smallest absolute Gasteiger partial charge is 0.230 e. The molecule has 0 bridgehead atoms. The van der Waals surface area contributed by atoms with Crippen molar-refractivity contribution in [3.8, 4) is 0 Å². The van der Waals surface area contributed by atoms with Gasteiger partial charge in [-0.3, -0.25) is 4.79 Å². The number of hydrogen-bond donors (Lipinski definition) is 2. The van der Waals surface area contributed by atoms with Gasteiger partial charge in [-0.15, -0.1) is 0 Å². The highest BCUT2D eigenvalue weighted by molar-refractivity contribution is 7.88. The number of rotatable bonds is 4. The van der Waals surface area contributed by atoms with Gasteiger partial charge in [-0.25, -0.2) is 13.1 Å². The summed E-state index contributed by atoms with van der Waals surface area (Å²) < 4.78 is 25.2. The SMILES string of the molecule is CC(C)(N)C(C)(C)C(=O)N1CCCC(NS(C)(=O)=O)C1. The van der Waals surface area contributed by atoms with Gasteiger partial charge in [-0.05, 0) is 40.5 Å². The molecule has 0 aromatic rings. The van der Waals surface area contributed by atoms with E-state index in [0.29, 0.717) is 13.1 Å². The van der Waals surface area contributed by atoms with Gasteiger partial charge in [0.25, 0.3) is 0 Å². The Balaban J connectivity index is 2.80. The van der Waals surface area contributed by atoms with Crippen LogP contribution in [0.1, 0.15) is 40.5 Å². The van der Waals surface area contributed by atoms with E-state index in [2.05, 4.69) is 4.72 Å². The van der Waals surface area contributed by atoms with Crippen LogP contribution in [-0.2, 0) is 14.8 Å². The number of nitrogens with one attached hydrogen (secondary N) is 1. The molecule has 1 heterocycles.